The molecule has 2 rings (SSSR count). The van der Waals surface area contributed by atoms with Crippen molar-refractivity contribution in [1.29, 1.82) is 0 Å². The van der Waals surface area contributed by atoms with E-state index in [-0.39, 0.29) is 6.04 Å². The van der Waals surface area contributed by atoms with Crippen molar-refractivity contribution in [1.82, 2.24) is 15.4 Å². The van der Waals surface area contributed by atoms with E-state index in [1.807, 2.05) is 43.3 Å². The first-order valence-electron chi connectivity index (χ1n) is 5.59. The molecule has 2 heterocycles. The van der Waals surface area contributed by atoms with Crippen molar-refractivity contribution in [3.05, 3.63) is 59.7 Å². The minimum Gasteiger partial charge on any atom is -0.271 e. The van der Waals surface area contributed by atoms with Crippen molar-refractivity contribution in [2.75, 3.05) is 0 Å². The maximum atomic E-state index is 5.58. The van der Waals surface area contributed by atoms with Crippen LogP contribution in [0.1, 0.15) is 23.1 Å². The second-order valence-corrected chi connectivity index (χ2v) is 3.95. The summed E-state index contributed by atoms with van der Waals surface area (Å²) in [4.78, 5) is 8.76. The second-order valence-electron chi connectivity index (χ2n) is 3.95. The summed E-state index contributed by atoms with van der Waals surface area (Å²) < 4.78 is 0. The van der Waals surface area contributed by atoms with Crippen molar-refractivity contribution in [3.63, 3.8) is 0 Å². The van der Waals surface area contributed by atoms with E-state index in [1.54, 1.807) is 6.20 Å². The molecule has 17 heavy (non-hydrogen) atoms. The molecule has 3 N–H and O–H groups in total. The van der Waals surface area contributed by atoms with E-state index in [0.29, 0.717) is 0 Å². The highest BCUT2D eigenvalue weighted by Gasteiger charge is 2.12. The Labute approximate surface area is 101 Å². The van der Waals surface area contributed by atoms with Crippen LogP contribution in [0.2, 0.25) is 0 Å². The molecule has 0 saturated heterocycles. The molecule has 0 saturated carbocycles. The molecule has 88 valence electrons. The van der Waals surface area contributed by atoms with Crippen LogP contribution in [0.15, 0.2) is 42.6 Å². The lowest BCUT2D eigenvalue weighted by molar-refractivity contribution is 0.532. The third-order valence-electron chi connectivity index (χ3n) is 2.61. The molecule has 0 fully saturated rings. The lowest BCUT2D eigenvalue weighted by Crippen LogP contribution is -2.30. The van der Waals surface area contributed by atoms with Crippen LogP contribution in [0.3, 0.4) is 0 Å². The van der Waals surface area contributed by atoms with Gasteiger partial charge in [-0.25, -0.2) is 0 Å². The Morgan fingerprint density at radius 1 is 1.24 bits per heavy atom. The number of rotatable bonds is 4. The number of aromatic nitrogens is 2. The molecule has 1 atom stereocenters. The van der Waals surface area contributed by atoms with Gasteiger partial charge in [0.2, 0.25) is 0 Å². The number of nitrogens with two attached hydrogens (primary N) is 1. The summed E-state index contributed by atoms with van der Waals surface area (Å²) in [5.41, 5.74) is 5.72. The minimum atomic E-state index is -0.00944. The summed E-state index contributed by atoms with van der Waals surface area (Å²) in [6.07, 6.45) is 2.51. The van der Waals surface area contributed by atoms with Gasteiger partial charge in [-0.2, -0.15) is 0 Å². The topological polar surface area (TPSA) is 63.8 Å². The second kappa shape index (κ2) is 5.52. The zero-order valence-electron chi connectivity index (χ0n) is 9.80. The predicted octanol–water partition coefficient (Wildman–Crippen LogP) is 1.53. The van der Waals surface area contributed by atoms with Gasteiger partial charge in [-0.1, -0.05) is 12.1 Å². The maximum Gasteiger partial charge on any atom is 0.0687 e. The van der Waals surface area contributed by atoms with Gasteiger partial charge in [0.15, 0.2) is 0 Å². The first kappa shape index (κ1) is 11.7. The average Bonchev–Trinajstić information content (AvgIpc) is 2.37. The first-order valence-corrected chi connectivity index (χ1v) is 5.59. The van der Waals surface area contributed by atoms with Crippen LogP contribution in [0, 0.1) is 6.92 Å². The fourth-order valence-electron chi connectivity index (χ4n) is 1.74. The highest BCUT2D eigenvalue weighted by atomic mass is 15.2. The summed E-state index contributed by atoms with van der Waals surface area (Å²) in [5, 5.41) is 0. The van der Waals surface area contributed by atoms with Crippen LogP contribution in [-0.4, -0.2) is 9.97 Å². The molecule has 0 bridgehead atoms. The van der Waals surface area contributed by atoms with Gasteiger partial charge < -0.3 is 0 Å². The standard InChI is InChI=1S/C13H16N4/c1-10-5-4-7-12(16-10)13(17-14)9-11-6-2-3-8-15-11/h2-8,13,17H,9,14H2,1H3. The average molecular weight is 228 g/mol. The largest absolute Gasteiger partial charge is 0.271 e. The molecule has 1 unspecified atom stereocenters. The molecular weight excluding hydrogens is 212 g/mol. The minimum absolute atomic E-state index is 0.00944. The number of hydrogen-bond donors (Lipinski definition) is 2. The lowest BCUT2D eigenvalue weighted by atomic mass is 10.1. The molecule has 0 amide bonds. The molecule has 2 aromatic rings. The van der Waals surface area contributed by atoms with Gasteiger partial charge in [-0.05, 0) is 31.2 Å². The number of nitrogens with one attached hydrogen (secondary N) is 1. The van der Waals surface area contributed by atoms with Crippen molar-refractivity contribution < 1.29 is 0 Å². The molecule has 0 spiro atoms. The highest BCUT2D eigenvalue weighted by molar-refractivity contribution is 5.16. The summed E-state index contributed by atoms with van der Waals surface area (Å²) in [5.74, 6) is 5.58. The maximum absolute atomic E-state index is 5.58. The summed E-state index contributed by atoms with van der Waals surface area (Å²) in [6, 6.07) is 11.8. The van der Waals surface area contributed by atoms with Crippen LogP contribution in [-0.2, 0) is 6.42 Å². The van der Waals surface area contributed by atoms with Crippen molar-refractivity contribution in [2.24, 2.45) is 5.84 Å². The van der Waals surface area contributed by atoms with Crippen molar-refractivity contribution in [2.45, 2.75) is 19.4 Å². The van der Waals surface area contributed by atoms with Gasteiger partial charge in [-0.15, -0.1) is 0 Å². The van der Waals surface area contributed by atoms with Crippen LogP contribution < -0.4 is 11.3 Å². The smallest absolute Gasteiger partial charge is 0.0687 e. The Morgan fingerprint density at radius 2 is 2.12 bits per heavy atom. The van der Waals surface area contributed by atoms with Gasteiger partial charge in [0.1, 0.15) is 0 Å². The lowest BCUT2D eigenvalue weighted by Gasteiger charge is -2.15. The Balaban J connectivity index is 2.17. The third kappa shape index (κ3) is 3.09. The molecule has 4 nitrogen and oxygen atoms in total. The molecule has 4 heteroatoms. The number of hydrogen-bond acceptors (Lipinski definition) is 4. The Hall–Kier alpha value is -1.78. The molecular formula is C13H16N4. The molecule has 0 aliphatic heterocycles. The van der Waals surface area contributed by atoms with Gasteiger partial charge >= 0.3 is 0 Å². The van der Waals surface area contributed by atoms with E-state index in [1.165, 1.54) is 0 Å². The number of aryl methyl sites for hydroxylation is 1. The van der Waals surface area contributed by atoms with Crippen LogP contribution in [0.4, 0.5) is 0 Å². The Bertz CT molecular complexity index is 470. The summed E-state index contributed by atoms with van der Waals surface area (Å²) >= 11 is 0. The van der Waals surface area contributed by atoms with Crippen LogP contribution in [0.5, 0.6) is 0 Å². The Morgan fingerprint density at radius 3 is 2.76 bits per heavy atom. The van der Waals surface area contributed by atoms with E-state index in [0.717, 1.165) is 23.5 Å². The SMILES string of the molecule is Cc1cccc(C(Cc2ccccn2)NN)n1. The summed E-state index contributed by atoms with van der Waals surface area (Å²) in [6.45, 7) is 1.97. The highest BCUT2D eigenvalue weighted by Crippen LogP contribution is 2.14. The third-order valence-corrected chi connectivity index (χ3v) is 2.61. The first-order chi connectivity index (χ1) is 8.29. The van der Waals surface area contributed by atoms with Crippen molar-refractivity contribution in [3.8, 4) is 0 Å². The van der Waals surface area contributed by atoms with E-state index < -0.39 is 0 Å². The van der Waals surface area contributed by atoms with Crippen LogP contribution >= 0.6 is 0 Å². The zero-order valence-corrected chi connectivity index (χ0v) is 9.80. The zero-order chi connectivity index (χ0) is 12.1. The van der Waals surface area contributed by atoms with Crippen molar-refractivity contribution >= 4 is 0 Å². The normalized spacial score (nSPS) is 12.4. The molecule has 0 aliphatic rings. The van der Waals surface area contributed by atoms with Gasteiger partial charge in [0.05, 0.1) is 11.7 Å². The fourth-order valence-corrected chi connectivity index (χ4v) is 1.74. The van der Waals surface area contributed by atoms with E-state index >= 15 is 0 Å². The number of pyridine rings is 2. The molecule has 0 aromatic carbocycles. The van der Waals surface area contributed by atoms with E-state index in [9.17, 15) is 0 Å². The fraction of sp³-hybridized carbons (Fsp3) is 0.231. The van der Waals surface area contributed by atoms with Gasteiger partial charge in [0.25, 0.3) is 0 Å². The quantitative estimate of drug-likeness (QED) is 0.615. The van der Waals surface area contributed by atoms with Gasteiger partial charge in [0, 0.05) is 24.0 Å². The van der Waals surface area contributed by atoms with E-state index in [4.69, 9.17) is 5.84 Å². The Kier molecular flexibility index (Phi) is 3.80. The molecule has 0 radical (unpaired) electrons. The molecule has 2 aromatic heterocycles. The van der Waals surface area contributed by atoms with Crippen LogP contribution in [0.25, 0.3) is 0 Å². The predicted molar refractivity (Wildman–Crippen MR) is 67.0 cm³/mol. The molecule has 0 aliphatic carbocycles. The number of hydrazine groups is 1. The van der Waals surface area contributed by atoms with Gasteiger partial charge in [-0.3, -0.25) is 21.2 Å². The van der Waals surface area contributed by atoms with E-state index in [2.05, 4.69) is 15.4 Å². The summed E-state index contributed by atoms with van der Waals surface area (Å²) in [7, 11) is 0. The monoisotopic (exact) mass is 228 g/mol. The number of nitrogens with zero attached hydrogens (tertiary/aromatic N) is 2.